The highest BCUT2D eigenvalue weighted by Crippen LogP contribution is 2.27. The number of rotatable bonds is 6. The van der Waals surface area contributed by atoms with Crippen LogP contribution in [-0.4, -0.2) is 52.2 Å². The number of urea groups is 1. The number of benzene rings is 2. The average Bonchev–Trinajstić information content (AvgIpc) is 3.30. The normalized spacial score (nSPS) is 13.2. The maximum Gasteiger partial charge on any atom is 0.322 e. The van der Waals surface area contributed by atoms with Crippen LogP contribution in [-0.2, 0) is 18.4 Å². The maximum atomic E-state index is 13.0. The van der Waals surface area contributed by atoms with E-state index in [4.69, 9.17) is 4.74 Å². The van der Waals surface area contributed by atoms with Crippen LogP contribution in [0.25, 0.3) is 10.9 Å². The zero-order valence-corrected chi connectivity index (χ0v) is 18.3. The summed E-state index contributed by atoms with van der Waals surface area (Å²) >= 11 is 0. The minimum Gasteiger partial charge on any atom is -0.494 e. The first-order valence-electron chi connectivity index (χ1n) is 10.5. The minimum atomic E-state index is -0.700. The fraction of sp³-hybridized carbons (Fsp3) is 0.250. The van der Waals surface area contributed by atoms with Gasteiger partial charge in [0, 0.05) is 36.3 Å². The van der Waals surface area contributed by atoms with E-state index in [1.165, 1.54) is 0 Å². The molecule has 0 unspecified atom stereocenters. The lowest BCUT2D eigenvalue weighted by Gasteiger charge is -2.21. The molecule has 2 heterocycles. The third-order valence-corrected chi connectivity index (χ3v) is 5.18. The van der Waals surface area contributed by atoms with E-state index in [0.717, 1.165) is 22.0 Å². The van der Waals surface area contributed by atoms with Gasteiger partial charge in [-0.3, -0.25) is 19.6 Å². The van der Waals surface area contributed by atoms with Crippen molar-refractivity contribution in [2.75, 3.05) is 13.2 Å². The van der Waals surface area contributed by atoms with E-state index in [1.807, 2.05) is 55.8 Å². The van der Waals surface area contributed by atoms with Crippen LogP contribution in [0.3, 0.4) is 0 Å². The first-order valence-corrected chi connectivity index (χ1v) is 10.5. The molecule has 33 heavy (non-hydrogen) atoms. The second kappa shape index (κ2) is 9.44. The molecule has 1 aromatic heterocycles. The molecule has 1 aliphatic heterocycles. The van der Waals surface area contributed by atoms with E-state index >= 15 is 0 Å². The Morgan fingerprint density at radius 2 is 2.15 bits per heavy atom. The average molecular weight is 445 g/mol. The number of aromatic nitrogens is 2. The molecule has 4 amide bonds. The number of carbonyl (C=O) groups is 3. The molecule has 168 valence electrons. The van der Waals surface area contributed by atoms with E-state index in [1.54, 1.807) is 15.6 Å². The molecular weight excluding hydrogens is 422 g/mol. The third kappa shape index (κ3) is 4.96. The number of nitrogens with zero attached hydrogens (tertiary/aromatic N) is 3. The summed E-state index contributed by atoms with van der Waals surface area (Å²) in [6.07, 6.45) is 2.20. The van der Waals surface area contributed by atoms with Crippen molar-refractivity contribution in [1.82, 2.24) is 25.3 Å². The van der Waals surface area contributed by atoms with Crippen molar-refractivity contribution in [2.24, 2.45) is 7.05 Å². The summed E-state index contributed by atoms with van der Waals surface area (Å²) in [5, 5.41) is 10.1. The van der Waals surface area contributed by atoms with Gasteiger partial charge < -0.3 is 15.0 Å². The lowest BCUT2D eigenvalue weighted by atomic mass is 10.1. The monoisotopic (exact) mass is 445 g/mol. The Bertz CT molecular complexity index is 1290. The third-order valence-electron chi connectivity index (χ3n) is 5.18. The van der Waals surface area contributed by atoms with Gasteiger partial charge in [-0.15, -0.1) is 0 Å². The molecule has 9 nitrogen and oxygen atoms in total. The van der Waals surface area contributed by atoms with E-state index in [0.29, 0.717) is 30.9 Å². The number of aryl methyl sites for hydroxylation is 1. The van der Waals surface area contributed by atoms with Gasteiger partial charge in [-0.1, -0.05) is 17.9 Å². The highest BCUT2D eigenvalue weighted by atomic mass is 16.5. The van der Waals surface area contributed by atoms with Crippen molar-refractivity contribution in [1.29, 1.82) is 0 Å². The van der Waals surface area contributed by atoms with Crippen LogP contribution in [0.5, 0.6) is 5.75 Å². The molecule has 1 aliphatic rings. The molecule has 2 aromatic carbocycles. The van der Waals surface area contributed by atoms with Gasteiger partial charge in [0.15, 0.2) is 0 Å². The summed E-state index contributed by atoms with van der Waals surface area (Å²) in [5.41, 5.74) is 2.99. The highest BCUT2D eigenvalue weighted by Gasteiger charge is 2.29. The molecular formula is C24H23N5O4. The molecule has 1 atom stereocenters. The lowest BCUT2D eigenvalue weighted by Crippen LogP contribution is -2.46. The molecule has 0 fully saturated rings. The maximum absolute atomic E-state index is 13.0. The van der Waals surface area contributed by atoms with Gasteiger partial charge in [-0.2, -0.15) is 5.10 Å². The molecule has 3 aromatic rings. The molecule has 0 spiro atoms. The summed E-state index contributed by atoms with van der Waals surface area (Å²) in [5.74, 6) is 6.53. The molecule has 2 N–H and O–H groups in total. The molecule has 0 aliphatic carbocycles. The first-order chi connectivity index (χ1) is 16.0. The number of carbonyl (C=O) groups excluding carboxylic acids is 3. The van der Waals surface area contributed by atoms with Gasteiger partial charge in [0.25, 0.3) is 5.91 Å². The fourth-order valence-corrected chi connectivity index (χ4v) is 3.73. The molecule has 9 heteroatoms. The Labute approximate surface area is 190 Å². The van der Waals surface area contributed by atoms with Gasteiger partial charge in [0.05, 0.1) is 18.7 Å². The van der Waals surface area contributed by atoms with Crippen molar-refractivity contribution >= 4 is 29.3 Å². The fourth-order valence-electron chi connectivity index (χ4n) is 3.73. The van der Waals surface area contributed by atoms with Crippen LogP contribution in [0, 0.1) is 11.8 Å². The highest BCUT2D eigenvalue weighted by molar-refractivity contribution is 5.98. The number of amides is 4. The van der Waals surface area contributed by atoms with Crippen molar-refractivity contribution in [3.63, 3.8) is 0 Å². The number of fused-ring (bicyclic) bond motifs is 2. The van der Waals surface area contributed by atoms with Gasteiger partial charge >= 0.3 is 6.03 Å². The lowest BCUT2D eigenvalue weighted by molar-refractivity contribution is -0.108. The summed E-state index contributed by atoms with van der Waals surface area (Å²) in [7, 11) is 1.85. The first kappa shape index (κ1) is 21.9. The zero-order valence-electron chi connectivity index (χ0n) is 18.3. The molecule has 0 bridgehead atoms. The molecule has 0 saturated carbocycles. The van der Waals surface area contributed by atoms with E-state index in [2.05, 4.69) is 22.3 Å². The Kier molecular flexibility index (Phi) is 6.26. The van der Waals surface area contributed by atoms with E-state index < -0.39 is 12.1 Å². The van der Waals surface area contributed by atoms with Crippen molar-refractivity contribution in [2.45, 2.75) is 19.5 Å². The largest absolute Gasteiger partial charge is 0.494 e. The minimum absolute atomic E-state index is 0.155. The summed E-state index contributed by atoms with van der Waals surface area (Å²) in [6, 6.07) is 9.69. The second-order valence-corrected chi connectivity index (χ2v) is 7.57. The number of nitrogens with one attached hydrogen (secondary N) is 2. The summed E-state index contributed by atoms with van der Waals surface area (Å²) in [6.45, 7) is 2.94. The van der Waals surface area contributed by atoms with Crippen LogP contribution in [0.4, 0.5) is 4.79 Å². The smallest absolute Gasteiger partial charge is 0.322 e. The Morgan fingerprint density at radius 3 is 2.94 bits per heavy atom. The number of imide groups is 1. The van der Waals surface area contributed by atoms with Gasteiger partial charge in [0.1, 0.15) is 11.8 Å². The Morgan fingerprint density at radius 1 is 1.30 bits per heavy atom. The van der Waals surface area contributed by atoms with Crippen molar-refractivity contribution < 1.29 is 19.1 Å². The quantitative estimate of drug-likeness (QED) is 0.445. The topological polar surface area (TPSA) is 106 Å². The predicted molar refractivity (Wildman–Crippen MR) is 121 cm³/mol. The number of hydrogen-bond acceptors (Lipinski definition) is 5. The summed E-state index contributed by atoms with van der Waals surface area (Å²) in [4.78, 5) is 37.2. The van der Waals surface area contributed by atoms with Crippen molar-refractivity contribution in [3.8, 4) is 17.6 Å². The van der Waals surface area contributed by atoms with Gasteiger partial charge in [-0.25, -0.2) is 4.79 Å². The molecule has 0 radical (unpaired) electrons. The summed E-state index contributed by atoms with van der Waals surface area (Å²) < 4.78 is 7.22. The Balaban J connectivity index is 1.54. The van der Waals surface area contributed by atoms with Crippen molar-refractivity contribution in [3.05, 3.63) is 59.3 Å². The number of hydrogen-bond donors (Lipinski definition) is 2. The predicted octanol–water partition coefficient (Wildman–Crippen LogP) is 1.80. The van der Waals surface area contributed by atoms with Crippen LogP contribution in [0.15, 0.2) is 42.6 Å². The van der Waals surface area contributed by atoms with Gasteiger partial charge in [-0.05, 0) is 42.8 Å². The molecule has 0 saturated heterocycles. The van der Waals surface area contributed by atoms with E-state index in [9.17, 15) is 14.4 Å². The van der Waals surface area contributed by atoms with Crippen LogP contribution < -0.4 is 15.4 Å². The Hall–Kier alpha value is -4.32. The number of ether oxygens (including phenoxy) is 1. The van der Waals surface area contributed by atoms with E-state index in [-0.39, 0.29) is 12.5 Å². The second-order valence-electron chi connectivity index (χ2n) is 7.57. The van der Waals surface area contributed by atoms with Crippen LogP contribution in [0.2, 0.25) is 0 Å². The van der Waals surface area contributed by atoms with Gasteiger partial charge in [0.2, 0.25) is 6.41 Å². The SMILES string of the molecule is CCOc1ccc2c(c1)C(=O)N(C[C@@H](C#Cc1ccc3cn(C)nc3c1)NC(=O)NC=O)C2. The van der Waals surface area contributed by atoms with Crippen LogP contribution in [0.1, 0.15) is 28.4 Å². The molecule has 4 rings (SSSR count). The van der Waals surface area contributed by atoms with Crippen LogP contribution >= 0.6 is 0 Å². The zero-order chi connectivity index (χ0) is 23.4. The standard InChI is InChI=1S/C24H23N5O4/c1-3-33-20-9-7-17-13-29(23(31)21(17)11-20)14-19(26-24(32)25-15-30)8-5-16-4-6-18-12-28(2)27-22(18)10-16/h4,6-7,9-12,15,19H,3,13-14H2,1-2H3,(H2,25,26,30,32)/t19-/m1/s1.